The summed E-state index contributed by atoms with van der Waals surface area (Å²) in [7, 11) is 0. The summed E-state index contributed by atoms with van der Waals surface area (Å²) in [6.07, 6.45) is 1.88. The van der Waals surface area contributed by atoms with Gasteiger partial charge in [0.05, 0.1) is 4.88 Å². The Morgan fingerprint density at radius 2 is 1.96 bits per heavy atom. The van der Waals surface area contributed by atoms with Gasteiger partial charge in [-0.15, -0.1) is 23.7 Å². The lowest BCUT2D eigenvalue weighted by Crippen LogP contribution is -2.45. The van der Waals surface area contributed by atoms with Crippen molar-refractivity contribution in [2.75, 3.05) is 13.1 Å². The van der Waals surface area contributed by atoms with Crippen molar-refractivity contribution in [3.63, 3.8) is 0 Å². The highest BCUT2D eigenvalue weighted by Gasteiger charge is 2.23. The Hall–Kier alpha value is -1.70. The van der Waals surface area contributed by atoms with Crippen LogP contribution in [-0.4, -0.2) is 36.5 Å². The number of nitrogens with zero attached hydrogens (tertiary/aromatic N) is 1. The summed E-state index contributed by atoms with van der Waals surface area (Å²) in [6.45, 7) is -1.51. The van der Waals surface area contributed by atoms with Gasteiger partial charge in [0.1, 0.15) is 5.75 Å². The van der Waals surface area contributed by atoms with Gasteiger partial charge < -0.3 is 15.4 Å². The van der Waals surface area contributed by atoms with Gasteiger partial charge >= 0.3 is 6.61 Å². The first kappa shape index (κ1) is 19.6. The van der Waals surface area contributed by atoms with Crippen molar-refractivity contribution in [2.24, 2.45) is 5.73 Å². The highest BCUT2D eigenvalue weighted by atomic mass is 35.5. The molecule has 0 saturated carbocycles. The fourth-order valence-corrected chi connectivity index (χ4v) is 3.74. The number of thiophene rings is 1. The molecule has 1 unspecified atom stereocenters. The van der Waals surface area contributed by atoms with Crippen molar-refractivity contribution >= 4 is 29.7 Å². The van der Waals surface area contributed by atoms with E-state index in [0.717, 1.165) is 29.8 Å². The van der Waals surface area contributed by atoms with Gasteiger partial charge in [-0.25, -0.2) is 0 Å². The molecule has 3 rings (SSSR count). The van der Waals surface area contributed by atoms with E-state index in [2.05, 4.69) is 4.74 Å². The van der Waals surface area contributed by atoms with Crippen LogP contribution >= 0.6 is 23.7 Å². The number of rotatable bonds is 4. The van der Waals surface area contributed by atoms with E-state index in [1.165, 1.54) is 23.5 Å². The summed E-state index contributed by atoms with van der Waals surface area (Å²) in [5, 5.41) is 0. The van der Waals surface area contributed by atoms with Gasteiger partial charge in [-0.3, -0.25) is 4.79 Å². The lowest BCUT2D eigenvalue weighted by molar-refractivity contribution is -0.0498. The van der Waals surface area contributed by atoms with Crippen LogP contribution < -0.4 is 10.5 Å². The summed E-state index contributed by atoms with van der Waals surface area (Å²) < 4.78 is 28.7. The number of alkyl halides is 2. The predicted octanol–water partition coefficient (Wildman–Crippen LogP) is 4.00. The number of amides is 1. The van der Waals surface area contributed by atoms with Crippen molar-refractivity contribution in [3.8, 4) is 16.2 Å². The number of carbonyl (C=O) groups is 1. The monoisotopic (exact) mass is 388 g/mol. The van der Waals surface area contributed by atoms with E-state index in [0.29, 0.717) is 11.4 Å². The maximum Gasteiger partial charge on any atom is 0.387 e. The molecule has 4 nitrogen and oxygen atoms in total. The molecule has 25 heavy (non-hydrogen) atoms. The van der Waals surface area contributed by atoms with Crippen LogP contribution in [0.1, 0.15) is 22.5 Å². The van der Waals surface area contributed by atoms with Gasteiger partial charge in [0.15, 0.2) is 0 Å². The molecular weight excluding hydrogens is 370 g/mol. The molecule has 8 heteroatoms. The minimum absolute atomic E-state index is 0. The van der Waals surface area contributed by atoms with Crippen molar-refractivity contribution < 1.29 is 18.3 Å². The second-order valence-corrected chi connectivity index (χ2v) is 6.80. The molecule has 1 aromatic carbocycles. The number of nitrogens with two attached hydrogens (primary N) is 1. The van der Waals surface area contributed by atoms with Crippen LogP contribution in [0.5, 0.6) is 5.75 Å². The van der Waals surface area contributed by atoms with E-state index < -0.39 is 6.61 Å². The van der Waals surface area contributed by atoms with Gasteiger partial charge in [0, 0.05) is 24.0 Å². The predicted molar refractivity (Wildman–Crippen MR) is 96.7 cm³/mol. The molecule has 2 aromatic rings. The second-order valence-electron chi connectivity index (χ2n) is 5.72. The zero-order valence-electron chi connectivity index (χ0n) is 13.4. The SMILES string of the molecule is Cl.NC1CCCN(C(=O)c2ccc(-c3ccc(OC(F)F)cc3)s2)C1. The standard InChI is InChI=1S/C17H18F2N2O2S.ClH/c18-17(19)23-13-5-3-11(4-6-13)14-7-8-15(24-14)16(22)21-9-1-2-12(20)10-21;/h3-8,12,17H,1-2,9-10,20H2;1H. The maximum absolute atomic E-state index is 12.5. The van der Waals surface area contributed by atoms with Crippen LogP contribution in [0.15, 0.2) is 36.4 Å². The smallest absolute Gasteiger partial charge is 0.387 e. The number of ether oxygens (including phenoxy) is 1. The highest BCUT2D eigenvalue weighted by Crippen LogP contribution is 2.30. The molecule has 1 fully saturated rings. The molecule has 136 valence electrons. The third-order valence-corrected chi connectivity index (χ3v) is 5.05. The molecule has 2 heterocycles. The van der Waals surface area contributed by atoms with Crippen LogP contribution in [0, 0.1) is 0 Å². The van der Waals surface area contributed by atoms with E-state index in [4.69, 9.17) is 5.73 Å². The first-order valence-electron chi connectivity index (χ1n) is 7.73. The fraction of sp³-hybridized carbons (Fsp3) is 0.353. The van der Waals surface area contributed by atoms with Crippen molar-refractivity contribution in [1.82, 2.24) is 4.90 Å². The van der Waals surface area contributed by atoms with Gasteiger partial charge in [0.25, 0.3) is 5.91 Å². The fourth-order valence-electron chi connectivity index (χ4n) is 2.76. The quantitative estimate of drug-likeness (QED) is 0.861. The average Bonchev–Trinajstić information content (AvgIpc) is 3.04. The van der Waals surface area contributed by atoms with E-state index in [1.54, 1.807) is 23.1 Å². The lowest BCUT2D eigenvalue weighted by atomic mass is 10.1. The van der Waals surface area contributed by atoms with Gasteiger partial charge in [-0.2, -0.15) is 8.78 Å². The molecule has 0 spiro atoms. The van der Waals surface area contributed by atoms with Crippen LogP contribution in [0.2, 0.25) is 0 Å². The molecule has 0 bridgehead atoms. The first-order valence-corrected chi connectivity index (χ1v) is 8.54. The van der Waals surface area contributed by atoms with Crippen LogP contribution in [0.4, 0.5) is 8.78 Å². The lowest BCUT2D eigenvalue weighted by Gasteiger charge is -2.30. The van der Waals surface area contributed by atoms with Gasteiger partial charge in [0.2, 0.25) is 0 Å². The molecule has 1 saturated heterocycles. The summed E-state index contributed by atoms with van der Waals surface area (Å²) in [5.74, 6) is 0.114. The normalized spacial score (nSPS) is 17.3. The van der Waals surface area contributed by atoms with Gasteiger partial charge in [-0.05, 0) is 54.8 Å². The number of halogens is 3. The van der Waals surface area contributed by atoms with Crippen molar-refractivity contribution in [1.29, 1.82) is 0 Å². The molecular formula is C17H19ClF2N2O2S. The average molecular weight is 389 g/mol. The summed E-state index contributed by atoms with van der Waals surface area (Å²) in [4.78, 5) is 15.9. The minimum Gasteiger partial charge on any atom is -0.435 e. The van der Waals surface area contributed by atoms with Crippen LogP contribution in [0.3, 0.4) is 0 Å². The largest absolute Gasteiger partial charge is 0.435 e. The Labute approximate surface area is 155 Å². The summed E-state index contributed by atoms with van der Waals surface area (Å²) in [5.41, 5.74) is 6.79. The molecule has 1 aliphatic rings. The van der Waals surface area contributed by atoms with E-state index in [1.807, 2.05) is 6.07 Å². The summed E-state index contributed by atoms with van der Waals surface area (Å²) >= 11 is 1.39. The third-order valence-electron chi connectivity index (χ3n) is 3.93. The molecule has 1 aliphatic heterocycles. The van der Waals surface area contributed by atoms with E-state index >= 15 is 0 Å². The number of carbonyl (C=O) groups excluding carboxylic acids is 1. The van der Waals surface area contributed by atoms with E-state index in [-0.39, 0.29) is 30.1 Å². The Bertz CT molecular complexity index is 709. The zero-order valence-corrected chi connectivity index (χ0v) is 15.0. The number of hydrogen-bond acceptors (Lipinski definition) is 4. The Morgan fingerprint density at radius 3 is 2.60 bits per heavy atom. The Kier molecular flexibility index (Phi) is 6.75. The molecule has 1 amide bonds. The van der Waals surface area contributed by atoms with E-state index in [9.17, 15) is 13.6 Å². The molecule has 0 aliphatic carbocycles. The summed E-state index contributed by atoms with van der Waals surface area (Å²) in [6, 6.07) is 10.1. The minimum atomic E-state index is -2.84. The molecule has 1 atom stereocenters. The molecule has 1 aromatic heterocycles. The van der Waals surface area contributed by atoms with Crippen LogP contribution in [-0.2, 0) is 0 Å². The highest BCUT2D eigenvalue weighted by molar-refractivity contribution is 7.17. The number of likely N-dealkylation sites (tertiary alicyclic amines) is 1. The Morgan fingerprint density at radius 1 is 1.24 bits per heavy atom. The van der Waals surface area contributed by atoms with Crippen molar-refractivity contribution in [3.05, 3.63) is 41.3 Å². The molecule has 0 radical (unpaired) electrons. The Balaban J connectivity index is 0.00000225. The first-order chi connectivity index (χ1) is 11.5. The van der Waals surface area contributed by atoms with Gasteiger partial charge in [-0.1, -0.05) is 0 Å². The zero-order chi connectivity index (χ0) is 17.1. The molecule has 2 N–H and O–H groups in total. The number of hydrogen-bond donors (Lipinski definition) is 1. The second kappa shape index (κ2) is 8.60. The number of benzene rings is 1. The number of piperidine rings is 1. The van der Waals surface area contributed by atoms with Crippen LogP contribution in [0.25, 0.3) is 10.4 Å². The topological polar surface area (TPSA) is 55.6 Å². The third kappa shape index (κ3) is 4.90. The van der Waals surface area contributed by atoms with Crippen molar-refractivity contribution in [2.45, 2.75) is 25.5 Å². The maximum atomic E-state index is 12.5.